The summed E-state index contributed by atoms with van der Waals surface area (Å²) in [5.41, 5.74) is 2.05. The first-order chi connectivity index (χ1) is 9.75. The summed E-state index contributed by atoms with van der Waals surface area (Å²) < 4.78 is 1.55. The van der Waals surface area contributed by atoms with Crippen molar-refractivity contribution < 1.29 is 9.90 Å². The molecule has 4 heteroatoms. The second-order valence-corrected chi connectivity index (χ2v) is 4.32. The van der Waals surface area contributed by atoms with Gasteiger partial charge in [-0.05, 0) is 12.1 Å². The molecule has 0 aliphatic rings. The average molecular weight is 263 g/mol. The number of aromatic nitrogens is 2. The van der Waals surface area contributed by atoms with E-state index in [1.165, 1.54) is 6.20 Å². The number of carbonyl (C=O) groups excluding carboxylic acids is 1. The van der Waals surface area contributed by atoms with Crippen molar-refractivity contribution in [2.45, 2.75) is 0 Å². The average Bonchev–Trinajstić information content (AvgIpc) is 2.94. The van der Waals surface area contributed by atoms with Crippen molar-refractivity contribution in [1.82, 2.24) is 9.78 Å². The monoisotopic (exact) mass is 263 g/mol. The standard InChI is InChI=1S/C16H12N2O2/c19-16(20)14-11-18(13-9-5-2-6-10-13)17-15(14)12-7-3-1-4-8-12/h1-11H,(H,19,20)/p-1. The maximum atomic E-state index is 11.3. The predicted molar refractivity (Wildman–Crippen MR) is 73.3 cm³/mol. The summed E-state index contributed by atoms with van der Waals surface area (Å²) in [4.78, 5) is 11.3. The Labute approximate surface area is 115 Å². The van der Waals surface area contributed by atoms with Crippen molar-refractivity contribution in [2.75, 3.05) is 0 Å². The smallest absolute Gasteiger partial charge is 0.102 e. The van der Waals surface area contributed by atoms with E-state index in [9.17, 15) is 9.90 Å². The minimum absolute atomic E-state index is 0.0834. The van der Waals surface area contributed by atoms with Crippen LogP contribution < -0.4 is 5.11 Å². The fourth-order valence-corrected chi connectivity index (χ4v) is 2.05. The number of carboxylic acids is 1. The Morgan fingerprint density at radius 3 is 2.15 bits per heavy atom. The molecular formula is C16H11N2O2-. The zero-order valence-electron chi connectivity index (χ0n) is 10.6. The maximum absolute atomic E-state index is 11.3. The van der Waals surface area contributed by atoms with Gasteiger partial charge in [0.15, 0.2) is 0 Å². The van der Waals surface area contributed by atoms with E-state index in [0.717, 1.165) is 11.3 Å². The summed E-state index contributed by atoms with van der Waals surface area (Å²) in [6.07, 6.45) is 1.48. The molecule has 98 valence electrons. The summed E-state index contributed by atoms with van der Waals surface area (Å²) in [6, 6.07) is 18.6. The van der Waals surface area contributed by atoms with E-state index < -0.39 is 5.97 Å². The molecule has 0 unspecified atom stereocenters. The van der Waals surface area contributed by atoms with Crippen molar-refractivity contribution in [1.29, 1.82) is 0 Å². The second-order valence-electron chi connectivity index (χ2n) is 4.32. The van der Waals surface area contributed by atoms with Crippen LogP contribution in [0.5, 0.6) is 0 Å². The Bertz CT molecular complexity index is 734. The van der Waals surface area contributed by atoms with Gasteiger partial charge in [-0.3, -0.25) is 0 Å². The Morgan fingerprint density at radius 1 is 0.950 bits per heavy atom. The van der Waals surface area contributed by atoms with Crippen LogP contribution in [0.2, 0.25) is 0 Å². The lowest BCUT2D eigenvalue weighted by Crippen LogP contribution is -2.22. The zero-order chi connectivity index (χ0) is 13.9. The molecule has 0 bridgehead atoms. The van der Waals surface area contributed by atoms with Crippen LogP contribution in [0.15, 0.2) is 66.9 Å². The van der Waals surface area contributed by atoms with Crippen LogP contribution in [-0.2, 0) is 0 Å². The lowest BCUT2D eigenvalue weighted by molar-refractivity contribution is -0.254. The minimum atomic E-state index is -1.23. The number of rotatable bonds is 3. The third-order valence-electron chi connectivity index (χ3n) is 3.00. The van der Waals surface area contributed by atoms with E-state index in [1.54, 1.807) is 4.68 Å². The Morgan fingerprint density at radius 2 is 1.55 bits per heavy atom. The van der Waals surface area contributed by atoms with Gasteiger partial charge in [0.25, 0.3) is 0 Å². The van der Waals surface area contributed by atoms with Gasteiger partial charge in [-0.25, -0.2) is 4.68 Å². The number of carbonyl (C=O) groups is 1. The highest BCUT2D eigenvalue weighted by atomic mass is 16.4. The van der Waals surface area contributed by atoms with Crippen LogP contribution in [0.25, 0.3) is 16.9 Å². The molecule has 0 saturated heterocycles. The summed E-state index contributed by atoms with van der Waals surface area (Å²) in [7, 11) is 0. The van der Waals surface area contributed by atoms with Gasteiger partial charge in [-0.15, -0.1) is 0 Å². The summed E-state index contributed by atoms with van der Waals surface area (Å²) >= 11 is 0. The maximum Gasteiger partial charge on any atom is 0.102 e. The Balaban J connectivity index is 2.15. The third kappa shape index (κ3) is 2.19. The van der Waals surface area contributed by atoms with Crippen molar-refractivity contribution in [3.63, 3.8) is 0 Å². The van der Waals surface area contributed by atoms with Crippen LogP contribution >= 0.6 is 0 Å². The van der Waals surface area contributed by atoms with Crippen molar-refractivity contribution in [2.24, 2.45) is 0 Å². The molecule has 0 saturated carbocycles. The molecule has 0 spiro atoms. The molecule has 1 aromatic heterocycles. The largest absolute Gasteiger partial charge is 0.545 e. The van der Waals surface area contributed by atoms with Crippen LogP contribution in [0.3, 0.4) is 0 Å². The number of hydrogen-bond acceptors (Lipinski definition) is 3. The van der Waals surface area contributed by atoms with E-state index in [-0.39, 0.29) is 5.56 Å². The molecule has 2 aromatic carbocycles. The third-order valence-corrected chi connectivity index (χ3v) is 3.00. The highest BCUT2D eigenvalue weighted by Crippen LogP contribution is 2.22. The molecule has 3 aromatic rings. The molecule has 0 atom stereocenters. The SMILES string of the molecule is O=C([O-])c1cn(-c2ccccc2)nc1-c1ccccc1. The number of aromatic carboxylic acids is 1. The normalized spacial score (nSPS) is 10.4. The molecule has 0 radical (unpaired) electrons. The predicted octanol–water partition coefficient (Wildman–Crippen LogP) is 1.90. The van der Waals surface area contributed by atoms with Gasteiger partial charge in [0.1, 0.15) is 5.69 Å². The molecule has 3 rings (SSSR count). The molecule has 0 fully saturated rings. The van der Waals surface area contributed by atoms with E-state index >= 15 is 0 Å². The first kappa shape index (κ1) is 12.2. The molecule has 4 nitrogen and oxygen atoms in total. The van der Waals surface area contributed by atoms with Gasteiger partial charge in [-0.2, -0.15) is 5.10 Å². The highest BCUT2D eigenvalue weighted by Gasteiger charge is 2.12. The topological polar surface area (TPSA) is 57.9 Å². The van der Waals surface area contributed by atoms with Crippen LogP contribution in [0, 0.1) is 0 Å². The first-order valence-corrected chi connectivity index (χ1v) is 6.17. The van der Waals surface area contributed by atoms with Crippen molar-refractivity contribution in [3.05, 3.63) is 72.4 Å². The number of benzene rings is 2. The zero-order valence-corrected chi connectivity index (χ0v) is 10.6. The van der Waals surface area contributed by atoms with E-state index in [0.29, 0.717) is 5.69 Å². The van der Waals surface area contributed by atoms with Gasteiger partial charge < -0.3 is 9.90 Å². The molecular weight excluding hydrogens is 252 g/mol. The number of carboxylic acid groups (broad SMARTS) is 1. The van der Waals surface area contributed by atoms with Gasteiger partial charge in [0.05, 0.1) is 11.7 Å². The summed E-state index contributed by atoms with van der Waals surface area (Å²) in [5.74, 6) is -1.23. The van der Waals surface area contributed by atoms with Crippen LogP contribution in [0.1, 0.15) is 10.4 Å². The fourth-order valence-electron chi connectivity index (χ4n) is 2.05. The van der Waals surface area contributed by atoms with Crippen LogP contribution in [0.4, 0.5) is 0 Å². The summed E-state index contributed by atoms with van der Waals surface area (Å²) in [5, 5.41) is 15.6. The van der Waals surface area contributed by atoms with Crippen molar-refractivity contribution in [3.8, 4) is 16.9 Å². The number of para-hydroxylation sites is 1. The molecule has 0 amide bonds. The Kier molecular flexibility index (Phi) is 3.05. The molecule has 0 N–H and O–H groups in total. The molecule has 0 aliphatic heterocycles. The highest BCUT2D eigenvalue weighted by molar-refractivity contribution is 5.93. The van der Waals surface area contributed by atoms with Gasteiger partial charge in [-0.1, -0.05) is 48.5 Å². The lowest BCUT2D eigenvalue weighted by atomic mass is 10.1. The first-order valence-electron chi connectivity index (χ1n) is 6.17. The van der Waals surface area contributed by atoms with Gasteiger partial charge in [0, 0.05) is 17.3 Å². The quantitative estimate of drug-likeness (QED) is 0.725. The molecule has 0 aliphatic carbocycles. The lowest BCUT2D eigenvalue weighted by Gasteiger charge is -2.01. The number of hydrogen-bond donors (Lipinski definition) is 0. The van der Waals surface area contributed by atoms with Gasteiger partial charge >= 0.3 is 0 Å². The molecule has 1 heterocycles. The fraction of sp³-hybridized carbons (Fsp3) is 0. The second kappa shape index (κ2) is 5.01. The van der Waals surface area contributed by atoms with E-state index in [4.69, 9.17) is 0 Å². The van der Waals surface area contributed by atoms with Crippen LogP contribution in [-0.4, -0.2) is 15.7 Å². The van der Waals surface area contributed by atoms with Gasteiger partial charge in [0.2, 0.25) is 0 Å². The van der Waals surface area contributed by atoms with E-state index in [2.05, 4.69) is 5.10 Å². The van der Waals surface area contributed by atoms with Crippen molar-refractivity contribution >= 4 is 5.97 Å². The minimum Gasteiger partial charge on any atom is -0.545 e. The van der Waals surface area contributed by atoms with E-state index in [1.807, 2.05) is 60.7 Å². The molecule has 20 heavy (non-hydrogen) atoms. The Hall–Kier alpha value is -2.88. The summed E-state index contributed by atoms with van der Waals surface area (Å²) in [6.45, 7) is 0. The number of nitrogens with zero attached hydrogens (tertiary/aromatic N) is 2.